The summed E-state index contributed by atoms with van der Waals surface area (Å²) < 4.78 is 56.2. The van der Waals surface area contributed by atoms with Crippen LogP contribution in [-0.2, 0) is 31.0 Å². The van der Waals surface area contributed by atoms with Crippen LogP contribution in [0.4, 0.5) is 18.9 Å². The molecule has 0 aliphatic heterocycles. The van der Waals surface area contributed by atoms with Crippen LogP contribution in [0.1, 0.15) is 16.7 Å². The van der Waals surface area contributed by atoms with Gasteiger partial charge < -0.3 is 19.5 Å². The summed E-state index contributed by atoms with van der Waals surface area (Å²) in [5.41, 5.74) is -0.489. The van der Waals surface area contributed by atoms with E-state index in [1.54, 1.807) is 30.3 Å². The number of carbonyl (C=O) groups excluding carboxylic acids is 1. The first kappa shape index (κ1) is 20.7. The first-order chi connectivity index (χ1) is 12.8. The molecule has 0 spiro atoms. The molecular weight excluding hydrogens is 363 g/mol. The Balaban J connectivity index is 2.55. The Morgan fingerprint density at radius 1 is 0.963 bits per heavy atom. The minimum Gasteiger partial charge on any atom is -0.468 e. The van der Waals surface area contributed by atoms with Crippen molar-refractivity contribution in [3.8, 4) is 0 Å². The lowest BCUT2D eigenvalue weighted by Crippen LogP contribution is -2.32. The molecule has 8 heteroatoms. The van der Waals surface area contributed by atoms with E-state index >= 15 is 0 Å². The van der Waals surface area contributed by atoms with E-state index in [1.165, 1.54) is 26.4 Å². The largest absolute Gasteiger partial charge is 0.468 e. The SMILES string of the molecule is COC(=O)CNc1ccc(C(OC)(OC)c2ccccc2)cc1C(F)(F)F. The number of nitrogens with one attached hydrogen (secondary N) is 1. The quantitative estimate of drug-likeness (QED) is 0.583. The average molecular weight is 383 g/mol. The second kappa shape index (κ2) is 8.41. The highest BCUT2D eigenvalue weighted by atomic mass is 19.4. The zero-order valence-corrected chi connectivity index (χ0v) is 15.1. The summed E-state index contributed by atoms with van der Waals surface area (Å²) in [6.07, 6.45) is -4.65. The third-order valence-electron chi connectivity index (χ3n) is 4.08. The van der Waals surface area contributed by atoms with Gasteiger partial charge in [-0.1, -0.05) is 36.4 Å². The molecule has 1 N–H and O–H groups in total. The molecule has 0 aromatic heterocycles. The van der Waals surface area contributed by atoms with Crippen molar-refractivity contribution in [1.29, 1.82) is 0 Å². The van der Waals surface area contributed by atoms with Gasteiger partial charge in [0.15, 0.2) is 0 Å². The highest BCUT2D eigenvalue weighted by Crippen LogP contribution is 2.40. The monoisotopic (exact) mass is 383 g/mol. The van der Waals surface area contributed by atoms with E-state index in [-0.39, 0.29) is 11.3 Å². The number of benzene rings is 2. The van der Waals surface area contributed by atoms with Gasteiger partial charge in [0.2, 0.25) is 5.79 Å². The topological polar surface area (TPSA) is 56.8 Å². The van der Waals surface area contributed by atoms with Gasteiger partial charge in [-0.2, -0.15) is 13.2 Å². The van der Waals surface area contributed by atoms with Gasteiger partial charge in [0.25, 0.3) is 0 Å². The molecule has 2 rings (SSSR count). The van der Waals surface area contributed by atoms with Crippen molar-refractivity contribution >= 4 is 11.7 Å². The van der Waals surface area contributed by atoms with Crippen LogP contribution < -0.4 is 5.32 Å². The Hall–Kier alpha value is -2.58. The fraction of sp³-hybridized carbons (Fsp3) is 0.316. The van der Waals surface area contributed by atoms with Crippen molar-refractivity contribution in [3.05, 3.63) is 65.2 Å². The van der Waals surface area contributed by atoms with Crippen molar-refractivity contribution in [1.82, 2.24) is 0 Å². The molecule has 0 radical (unpaired) electrons. The number of hydrogen-bond acceptors (Lipinski definition) is 5. The molecule has 2 aromatic carbocycles. The summed E-state index contributed by atoms with van der Waals surface area (Å²) in [6.45, 7) is -0.392. The van der Waals surface area contributed by atoms with E-state index in [1.807, 2.05) is 0 Å². The number of methoxy groups -OCH3 is 3. The Morgan fingerprint density at radius 2 is 1.59 bits per heavy atom. The van der Waals surface area contributed by atoms with Crippen LogP contribution in [0, 0.1) is 0 Å². The second-order valence-corrected chi connectivity index (χ2v) is 5.58. The predicted octanol–water partition coefficient (Wildman–Crippen LogP) is 3.78. The highest BCUT2D eigenvalue weighted by Gasteiger charge is 2.39. The molecule has 0 unspecified atom stereocenters. The minimum absolute atomic E-state index is 0.162. The summed E-state index contributed by atoms with van der Waals surface area (Å²) in [5.74, 6) is -2.19. The lowest BCUT2D eigenvalue weighted by atomic mass is 9.94. The number of ether oxygens (including phenoxy) is 3. The first-order valence-corrected chi connectivity index (χ1v) is 7.96. The van der Waals surface area contributed by atoms with Gasteiger partial charge >= 0.3 is 12.1 Å². The van der Waals surface area contributed by atoms with Gasteiger partial charge in [-0.15, -0.1) is 0 Å². The average Bonchev–Trinajstić information content (AvgIpc) is 2.68. The van der Waals surface area contributed by atoms with Crippen LogP contribution in [0.15, 0.2) is 48.5 Å². The van der Waals surface area contributed by atoms with Crippen LogP contribution in [0.3, 0.4) is 0 Å². The highest BCUT2D eigenvalue weighted by molar-refractivity contribution is 5.75. The lowest BCUT2D eigenvalue weighted by molar-refractivity contribution is -0.184. The Kier molecular flexibility index (Phi) is 6.45. The number of rotatable bonds is 7. The lowest BCUT2D eigenvalue weighted by Gasteiger charge is -2.32. The summed E-state index contributed by atoms with van der Waals surface area (Å²) in [6, 6.07) is 12.3. The Labute approximate surface area is 155 Å². The maximum atomic E-state index is 13.6. The van der Waals surface area contributed by atoms with E-state index in [4.69, 9.17) is 9.47 Å². The summed E-state index contributed by atoms with van der Waals surface area (Å²) in [5, 5.41) is 2.45. The summed E-state index contributed by atoms with van der Waals surface area (Å²) in [4.78, 5) is 11.2. The molecule has 0 saturated carbocycles. The molecule has 0 atom stereocenters. The number of halogens is 3. The van der Waals surface area contributed by atoms with Crippen molar-refractivity contribution in [2.75, 3.05) is 33.2 Å². The Bertz CT molecular complexity index is 774. The third kappa shape index (κ3) is 4.40. The molecule has 0 saturated heterocycles. The zero-order chi connectivity index (χ0) is 20.1. The molecular formula is C19H20F3NO4. The molecule has 2 aromatic rings. The van der Waals surface area contributed by atoms with Crippen molar-refractivity contribution < 1.29 is 32.2 Å². The molecule has 0 bridgehead atoms. The maximum Gasteiger partial charge on any atom is 0.418 e. The van der Waals surface area contributed by atoms with E-state index in [0.717, 1.165) is 13.2 Å². The van der Waals surface area contributed by atoms with Gasteiger partial charge in [0.05, 0.1) is 12.7 Å². The summed E-state index contributed by atoms with van der Waals surface area (Å²) >= 11 is 0. The van der Waals surface area contributed by atoms with E-state index in [2.05, 4.69) is 10.1 Å². The van der Waals surface area contributed by atoms with E-state index in [0.29, 0.717) is 5.56 Å². The number of anilines is 1. The third-order valence-corrected chi connectivity index (χ3v) is 4.08. The fourth-order valence-corrected chi connectivity index (χ4v) is 2.76. The van der Waals surface area contributed by atoms with Crippen LogP contribution in [-0.4, -0.2) is 33.8 Å². The predicted molar refractivity (Wildman–Crippen MR) is 93.2 cm³/mol. The maximum absolute atomic E-state index is 13.6. The number of esters is 1. The standard InChI is InChI=1S/C19H20F3NO4/c1-25-17(24)12-23-16-10-9-14(11-15(16)19(20,21)22)18(26-2,27-3)13-7-5-4-6-8-13/h4-11,23H,12H2,1-3H3. The van der Waals surface area contributed by atoms with Crippen LogP contribution >= 0.6 is 0 Å². The van der Waals surface area contributed by atoms with E-state index < -0.39 is 30.0 Å². The molecule has 0 fully saturated rings. The zero-order valence-electron chi connectivity index (χ0n) is 15.1. The van der Waals surface area contributed by atoms with Crippen molar-refractivity contribution in [2.45, 2.75) is 12.0 Å². The van der Waals surface area contributed by atoms with Gasteiger partial charge in [0, 0.05) is 31.0 Å². The van der Waals surface area contributed by atoms with Crippen molar-refractivity contribution in [3.63, 3.8) is 0 Å². The van der Waals surface area contributed by atoms with Crippen LogP contribution in [0.2, 0.25) is 0 Å². The first-order valence-electron chi connectivity index (χ1n) is 7.96. The van der Waals surface area contributed by atoms with Gasteiger partial charge in [-0.05, 0) is 12.1 Å². The summed E-state index contributed by atoms with van der Waals surface area (Å²) in [7, 11) is 3.86. The second-order valence-electron chi connectivity index (χ2n) is 5.58. The smallest absolute Gasteiger partial charge is 0.418 e. The normalized spacial score (nSPS) is 11.9. The van der Waals surface area contributed by atoms with Gasteiger partial charge in [-0.3, -0.25) is 4.79 Å². The molecule has 5 nitrogen and oxygen atoms in total. The molecule has 0 heterocycles. The van der Waals surface area contributed by atoms with Crippen molar-refractivity contribution in [2.24, 2.45) is 0 Å². The number of hydrogen-bond donors (Lipinski definition) is 1. The number of alkyl halides is 3. The molecule has 146 valence electrons. The fourth-order valence-electron chi connectivity index (χ4n) is 2.76. The van der Waals surface area contributed by atoms with Gasteiger partial charge in [0.1, 0.15) is 6.54 Å². The van der Waals surface area contributed by atoms with Crippen LogP contribution in [0.25, 0.3) is 0 Å². The number of carbonyl (C=O) groups is 1. The van der Waals surface area contributed by atoms with Crippen LogP contribution in [0.5, 0.6) is 0 Å². The van der Waals surface area contributed by atoms with Gasteiger partial charge in [-0.25, -0.2) is 0 Å². The molecule has 0 aliphatic rings. The molecule has 0 aliphatic carbocycles. The molecule has 0 amide bonds. The Morgan fingerprint density at radius 3 is 2.11 bits per heavy atom. The molecule has 27 heavy (non-hydrogen) atoms. The van der Waals surface area contributed by atoms with E-state index in [9.17, 15) is 18.0 Å². The minimum atomic E-state index is -4.65.